The molecule has 0 aliphatic rings. The van der Waals surface area contributed by atoms with Crippen molar-refractivity contribution in [3.05, 3.63) is 65.7 Å². The summed E-state index contributed by atoms with van der Waals surface area (Å²) in [7, 11) is 0. The molecule has 0 saturated carbocycles. The van der Waals surface area contributed by atoms with Crippen LogP contribution in [-0.4, -0.2) is 17.1 Å². The Labute approximate surface area is 154 Å². The van der Waals surface area contributed by atoms with Crippen molar-refractivity contribution in [2.24, 2.45) is 0 Å². The van der Waals surface area contributed by atoms with Gasteiger partial charge in [-0.1, -0.05) is 49.4 Å². The molecule has 2 N–H and O–H groups in total. The highest BCUT2D eigenvalue weighted by Crippen LogP contribution is 2.19. The average Bonchev–Trinajstić information content (AvgIpc) is 2.60. The molecule has 1 amide bonds. The van der Waals surface area contributed by atoms with Crippen LogP contribution in [0.15, 0.2) is 54.6 Å². The van der Waals surface area contributed by atoms with Crippen LogP contribution in [0.25, 0.3) is 0 Å². The van der Waals surface area contributed by atoms with Crippen molar-refractivity contribution in [1.29, 1.82) is 0 Å². The van der Waals surface area contributed by atoms with Crippen LogP contribution in [0.4, 0.5) is 0 Å². The SMILES string of the molecule is CCC(NC(=S)NC(=O)c1ccccc1OC(C)C)c1ccccc1. The fraction of sp³-hybridized carbons (Fsp3) is 0.300. The lowest BCUT2D eigenvalue weighted by Crippen LogP contribution is -2.41. The van der Waals surface area contributed by atoms with E-state index in [1.807, 2.05) is 50.2 Å². The van der Waals surface area contributed by atoms with Crippen molar-refractivity contribution in [3.8, 4) is 5.75 Å². The van der Waals surface area contributed by atoms with Gasteiger partial charge in [0.05, 0.1) is 17.7 Å². The van der Waals surface area contributed by atoms with Crippen molar-refractivity contribution in [1.82, 2.24) is 10.6 Å². The molecule has 0 saturated heterocycles. The molecule has 0 aromatic heterocycles. The second kappa shape index (κ2) is 9.18. The van der Waals surface area contributed by atoms with Crippen molar-refractivity contribution in [2.45, 2.75) is 39.3 Å². The smallest absolute Gasteiger partial charge is 0.261 e. The lowest BCUT2D eigenvalue weighted by Gasteiger charge is -2.20. The van der Waals surface area contributed by atoms with E-state index in [4.69, 9.17) is 17.0 Å². The molecule has 0 spiro atoms. The summed E-state index contributed by atoms with van der Waals surface area (Å²) in [4.78, 5) is 12.5. The van der Waals surface area contributed by atoms with Crippen LogP contribution in [0.3, 0.4) is 0 Å². The van der Waals surface area contributed by atoms with E-state index in [2.05, 4.69) is 17.6 Å². The molecule has 1 unspecified atom stereocenters. The van der Waals surface area contributed by atoms with Gasteiger partial charge in [-0.05, 0) is 50.2 Å². The molecule has 2 rings (SSSR count). The molecule has 5 heteroatoms. The Bertz CT molecular complexity index is 717. The molecule has 0 radical (unpaired) electrons. The largest absolute Gasteiger partial charge is 0.490 e. The van der Waals surface area contributed by atoms with Crippen LogP contribution in [0, 0.1) is 0 Å². The number of para-hydroxylation sites is 1. The Balaban J connectivity index is 2.04. The number of hydrogen-bond acceptors (Lipinski definition) is 3. The van der Waals surface area contributed by atoms with Gasteiger partial charge in [-0.3, -0.25) is 10.1 Å². The number of hydrogen-bond donors (Lipinski definition) is 2. The van der Waals surface area contributed by atoms with E-state index in [-0.39, 0.29) is 18.1 Å². The molecule has 0 aliphatic carbocycles. The van der Waals surface area contributed by atoms with Gasteiger partial charge in [0.25, 0.3) is 5.91 Å². The number of carbonyl (C=O) groups is 1. The summed E-state index contributed by atoms with van der Waals surface area (Å²) in [6.45, 7) is 5.92. The first-order chi connectivity index (χ1) is 12.0. The highest BCUT2D eigenvalue weighted by atomic mass is 32.1. The monoisotopic (exact) mass is 356 g/mol. The molecule has 1 atom stereocenters. The van der Waals surface area contributed by atoms with E-state index in [1.54, 1.807) is 18.2 Å². The number of thiocarbonyl (C=S) groups is 1. The summed E-state index contributed by atoms with van der Waals surface area (Å²) in [5.41, 5.74) is 1.60. The first-order valence-corrected chi connectivity index (χ1v) is 8.84. The minimum atomic E-state index is -0.281. The van der Waals surface area contributed by atoms with Crippen molar-refractivity contribution in [3.63, 3.8) is 0 Å². The van der Waals surface area contributed by atoms with Gasteiger partial charge < -0.3 is 10.1 Å². The van der Waals surface area contributed by atoms with Gasteiger partial charge in [0.15, 0.2) is 5.11 Å². The highest BCUT2D eigenvalue weighted by molar-refractivity contribution is 7.80. The van der Waals surface area contributed by atoms with E-state index < -0.39 is 0 Å². The van der Waals surface area contributed by atoms with Gasteiger partial charge in [-0.15, -0.1) is 0 Å². The number of amides is 1. The van der Waals surface area contributed by atoms with E-state index in [0.29, 0.717) is 16.4 Å². The van der Waals surface area contributed by atoms with Crippen LogP contribution >= 0.6 is 12.2 Å². The maximum Gasteiger partial charge on any atom is 0.261 e. The second-order valence-corrected chi connectivity index (χ2v) is 6.37. The number of nitrogens with one attached hydrogen (secondary N) is 2. The maximum atomic E-state index is 12.5. The van der Waals surface area contributed by atoms with Crippen LogP contribution in [0.2, 0.25) is 0 Å². The quantitative estimate of drug-likeness (QED) is 0.761. The maximum absolute atomic E-state index is 12.5. The first kappa shape index (κ1) is 18.9. The summed E-state index contributed by atoms with van der Waals surface area (Å²) >= 11 is 5.32. The second-order valence-electron chi connectivity index (χ2n) is 5.96. The topological polar surface area (TPSA) is 50.4 Å². The van der Waals surface area contributed by atoms with E-state index in [9.17, 15) is 4.79 Å². The Morgan fingerprint density at radius 1 is 1.08 bits per heavy atom. The molecular weight excluding hydrogens is 332 g/mol. The van der Waals surface area contributed by atoms with Crippen LogP contribution in [0.1, 0.15) is 49.2 Å². The Morgan fingerprint density at radius 2 is 1.72 bits per heavy atom. The normalized spacial score (nSPS) is 11.7. The predicted octanol–water partition coefficient (Wildman–Crippen LogP) is 4.23. The molecule has 25 heavy (non-hydrogen) atoms. The average molecular weight is 356 g/mol. The fourth-order valence-corrected chi connectivity index (χ4v) is 2.72. The summed E-state index contributed by atoms with van der Waals surface area (Å²) in [6, 6.07) is 17.2. The third-order valence-electron chi connectivity index (χ3n) is 3.64. The first-order valence-electron chi connectivity index (χ1n) is 8.43. The molecule has 4 nitrogen and oxygen atoms in total. The Kier molecular flexibility index (Phi) is 6.95. The van der Waals surface area contributed by atoms with Crippen molar-refractivity contribution >= 4 is 23.2 Å². The summed E-state index contributed by atoms with van der Waals surface area (Å²) in [6.07, 6.45) is 0.842. The zero-order chi connectivity index (χ0) is 18.2. The van der Waals surface area contributed by atoms with Gasteiger partial charge >= 0.3 is 0 Å². The minimum Gasteiger partial charge on any atom is -0.490 e. The zero-order valence-electron chi connectivity index (χ0n) is 14.8. The van der Waals surface area contributed by atoms with E-state index >= 15 is 0 Å². The lowest BCUT2D eigenvalue weighted by atomic mass is 10.1. The fourth-order valence-electron chi connectivity index (χ4n) is 2.48. The Morgan fingerprint density at radius 3 is 2.36 bits per heavy atom. The van der Waals surface area contributed by atoms with Gasteiger partial charge in [0.2, 0.25) is 0 Å². The third kappa shape index (κ3) is 5.57. The number of ether oxygens (including phenoxy) is 1. The number of rotatable bonds is 6. The lowest BCUT2D eigenvalue weighted by molar-refractivity contribution is 0.0970. The molecule has 0 aliphatic heterocycles. The zero-order valence-corrected chi connectivity index (χ0v) is 15.6. The van der Waals surface area contributed by atoms with Crippen LogP contribution in [-0.2, 0) is 0 Å². The molecule has 2 aromatic carbocycles. The van der Waals surface area contributed by atoms with Gasteiger partial charge in [0, 0.05) is 0 Å². The summed E-state index contributed by atoms with van der Waals surface area (Å²) in [5.74, 6) is 0.268. The summed E-state index contributed by atoms with van der Waals surface area (Å²) in [5, 5.41) is 6.25. The molecule has 0 bridgehead atoms. The molecule has 132 valence electrons. The molecular formula is C20H24N2O2S. The van der Waals surface area contributed by atoms with Crippen molar-refractivity contribution < 1.29 is 9.53 Å². The van der Waals surface area contributed by atoms with Crippen LogP contribution in [0.5, 0.6) is 5.75 Å². The molecule has 0 heterocycles. The van der Waals surface area contributed by atoms with E-state index in [0.717, 1.165) is 12.0 Å². The minimum absolute atomic E-state index is 0.0124. The molecule has 0 fully saturated rings. The number of benzene rings is 2. The van der Waals surface area contributed by atoms with Crippen LogP contribution < -0.4 is 15.4 Å². The third-order valence-corrected chi connectivity index (χ3v) is 3.86. The van der Waals surface area contributed by atoms with Gasteiger partial charge in [0.1, 0.15) is 5.75 Å². The number of carbonyl (C=O) groups excluding carboxylic acids is 1. The van der Waals surface area contributed by atoms with Gasteiger partial charge in [-0.2, -0.15) is 0 Å². The predicted molar refractivity (Wildman–Crippen MR) is 105 cm³/mol. The highest BCUT2D eigenvalue weighted by Gasteiger charge is 2.16. The molecule has 2 aromatic rings. The standard InChI is InChI=1S/C20H24N2O2S/c1-4-17(15-10-6-5-7-11-15)21-20(25)22-19(23)16-12-8-9-13-18(16)24-14(2)3/h5-14,17H,4H2,1-3H3,(H2,21,22,23,25). The van der Waals surface area contributed by atoms with Gasteiger partial charge in [-0.25, -0.2) is 0 Å². The van der Waals surface area contributed by atoms with E-state index in [1.165, 1.54) is 0 Å². The Hall–Kier alpha value is -2.40. The van der Waals surface area contributed by atoms with Crippen molar-refractivity contribution in [2.75, 3.05) is 0 Å². The summed E-state index contributed by atoms with van der Waals surface area (Å²) < 4.78 is 5.70.